The fourth-order valence-corrected chi connectivity index (χ4v) is 2.35. The van der Waals surface area contributed by atoms with Gasteiger partial charge in [0.25, 0.3) is 0 Å². The van der Waals surface area contributed by atoms with E-state index in [1.807, 2.05) is 63.3 Å². The number of nitrogens with zero attached hydrogens (tertiary/aromatic N) is 1. The molecule has 2 aromatic carbocycles. The number of halogens is 1. The lowest BCUT2D eigenvalue weighted by molar-refractivity contribution is 0.575. The van der Waals surface area contributed by atoms with E-state index in [1.165, 1.54) is 6.07 Å². The predicted molar refractivity (Wildman–Crippen MR) is 82.8 cm³/mol. The second kappa shape index (κ2) is 6.06. The summed E-state index contributed by atoms with van der Waals surface area (Å²) in [4.78, 5) is 2.05. The minimum Gasteiger partial charge on any atom is -0.378 e. The molecule has 2 rings (SSSR count). The third-order valence-corrected chi connectivity index (χ3v) is 3.49. The van der Waals surface area contributed by atoms with Crippen molar-refractivity contribution < 1.29 is 4.39 Å². The minimum atomic E-state index is -0.174. The predicted octanol–water partition coefficient (Wildman–Crippen LogP) is 3.51. The maximum atomic E-state index is 14.1. The summed E-state index contributed by atoms with van der Waals surface area (Å²) in [6.07, 6.45) is 0. The van der Waals surface area contributed by atoms with Crippen LogP contribution >= 0.6 is 0 Å². The molecule has 106 valence electrons. The average molecular weight is 272 g/mol. The Hall–Kier alpha value is -1.87. The van der Waals surface area contributed by atoms with E-state index in [4.69, 9.17) is 0 Å². The van der Waals surface area contributed by atoms with Gasteiger partial charge in [-0.25, -0.2) is 4.39 Å². The van der Waals surface area contributed by atoms with E-state index in [0.29, 0.717) is 5.56 Å². The molecule has 0 aliphatic rings. The fourth-order valence-electron chi connectivity index (χ4n) is 2.35. The molecular weight excluding hydrogens is 251 g/mol. The molecule has 1 N–H and O–H groups in total. The average Bonchev–Trinajstić information content (AvgIpc) is 2.44. The zero-order valence-electron chi connectivity index (χ0n) is 12.4. The first-order valence-electron chi connectivity index (χ1n) is 6.73. The van der Waals surface area contributed by atoms with Crippen LogP contribution in [-0.2, 0) is 0 Å². The molecule has 0 aromatic heterocycles. The van der Waals surface area contributed by atoms with Gasteiger partial charge in [-0.3, -0.25) is 0 Å². The van der Waals surface area contributed by atoms with Crippen molar-refractivity contribution in [2.75, 3.05) is 26.0 Å². The van der Waals surface area contributed by atoms with E-state index in [2.05, 4.69) is 5.32 Å². The van der Waals surface area contributed by atoms with Crippen molar-refractivity contribution in [1.82, 2.24) is 5.32 Å². The van der Waals surface area contributed by atoms with Crippen molar-refractivity contribution in [3.05, 3.63) is 65.0 Å². The zero-order valence-corrected chi connectivity index (χ0v) is 12.4. The van der Waals surface area contributed by atoms with Gasteiger partial charge in [-0.15, -0.1) is 0 Å². The van der Waals surface area contributed by atoms with E-state index in [1.54, 1.807) is 6.07 Å². The summed E-state index contributed by atoms with van der Waals surface area (Å²) in [5.41, 5.74) is 3.94. The van der Waals surface area contributed by atoms with Gasteiger partial charge in [0.05, 0.1) is 6.04 Å². The molecule has 0 aliphatic heterocycles. The molecule has 0 spiro atoms. The standard InChI is InChI=1S/C17H21FN2/c1-12-5-10-16(18)15(11-12)17(19-2)13-6-8-14(9-7-13)20(3)4/h5-11,17,19H,1-4H3. The maximum absolute atomic E-state index is 14.1. The summed E-state index contributed by atoms with van der Waals surface area (Å²) in [7, 11) is 5.86. The molecule has 0 saturated heterocycles. The van der Waals surface area contributed by atoms with Crippen LogP contribution < -0.4 is 10.2 Å². The monoisotopic (exact) mass is 272 g/mol. The van der Waals surface area contributed by atoms with Crippen LogP contribution in [0.2, 0.25) is 0 Å². The minimum absolute atomic E-state index is 0.133. The Morgan fingerprint density at radius 2 is 1.70 bits per heavy atom. The van der Waals surface area contributed by atoms with Crippen molar-refractivity contribution in [2.45, 2.75) is 13.0 Å². The lowest BCUT2D eigenvalue weighted by Crippen LogP contribution is -2.19. The Morgan fingerprint density at radius 1 is 1.05 bits per heavy atom. The third kappa shape index (κ3) is 2.99. The van der Waals surface area contributed by atoms with Gasteiger partial charge in [-0.1, -0.05) is 29.8 Å². The maximum Gasteiger partial charge on any atom is 0.128 e. The van der Waals surface area contributed by atoms with E-state index in [9.17, 15) is 4.39 Å². The van der Waals surface area contributed by atoms with Crippen LogP contribution in [0.3, 0.4) is 0 Å². The number of anilines is 1. The lowest BCUT2D eigenvalue weighted by Gasteiger charge is -2.20. The highest BCUT2D eigenvalue weighted by Gasteiger charge is 2.16. The lowest BCUT2D eigenvalue weighted by atomic mass is 9.96. The summed E-state index contributed by atoms with van der Waals surface area (Å²) in [5.74, 6) is -0.174. The molecule has 1 unspecified atom stereocenters. The van der Waals surface area contributed by atoms with Crippen LogP contribution in [0.15, 0.2) is 42.5 Å². The Bertz CT molecular complexity index is 576. The largest absolute Gasteiger partial charge is 0.378 e. The first-order valence-corrected chi connectivity index (χ1v) is 6.73. The Kier molecular flexibility index (Phi) is 4.40. The quantitative estimate of drug-likeness (QED) is 0.916. The van der Waals surface area contributed by atoms with Crippen LogP contribution in [0.5, 0.6) is 0 Å². The highest BCUT2D eigenvalue weighted by atomic mass is 19.1. The topological polar surface area (TPSA) is 15.3 Å². The van der Waals surface area contributed by atoms with Gasteiger partial charge in [0, 0.05) is 25.3 Å². The van der Waals surface area contributed by atoms with E-state index in [0.717, 1.165) is 16.8 Å². The van der Waals surface area contributed by atoms with Gasteiger partial charge >= 0.3 is 0 Å². The normalized spacial score (nSPS) is 12.2. The SMILES string of the molecule is CNC(c1ccc(N(C)C)cc1)c1cc(C)ccc1F. The number of hydrogen-bond donors (Lipinski definition) is 1. The van der Waals surface area contributed by atoms with E-state index < -0.39 is 0 Å². The molecule has 0 heterocycles. The Morgan fingerprint density at radius 3 is 2.25 bits per heavy atom. The van der Waals surface area contributed by atoms with Gasteiger partial charge in [0.2, 0.25) is 0 Å². The molecule has 3 heteroatoms. The van der Waals surface area contributed by atoms with Gasteiger partial charge in [0.1, 0.15) is 5.82 Å². The van der Waals surface area contributed by atoms with Crippen LogP contribution in [-0.4, -0.2) is 21.1 Å². The molecule has 0 aliphatic carbocycles. The second-order valence-corrected chi connectivity index (χ2v) is 5.23. The number of hydrogen-bond acceptors (Lipinski definition) is 2. The summed E-state index contributed by atoms with van der Waals surface area (Å²) >= 11 is 0. The van der Waals surface area contributed by atoms with Crippen LogP contribution in [0.4, 0.5) is 10.1 Å². The fraction of sp³-hybridized carbons (Fsp3) is 0.294. The van der Waals surface area contributed by atoms with Crippen LogP contribution in [0.1, 0.15) is 22.7 Å². The summed E-state index contributed by atoms with van der Waals surface area (Å²) in [6.45, 7) is 1.98. The molecule has 0 saturated carbocycles. The van der Waals surface area contributed by atoms with E-state index >= 15 is 0 Å². The third-order valence-electron chi connectivity index (χ3n) is 3.49. The van der Waals surface area contributed by atoms with Crippen molar-refractivity contribution in [3.63, 3.8) is 0 Å². The molecular formula is C17H21FN2. The first kappa shape index (κ1) is 14.5. The highest BCUT2D eigenvalue weighted by Crippen LogP contribution is 2.26. The molecule has 0 radical (unpaired) electrons. The molecule has 0 bridgehead atoms. The number of aryl methyl sites for hydroxylation is 1. The molecule has 2 nitrogen and oxygen atoms in total. The zero-order chi connectivity index (χ0) is 14.7. The highest BCUT2D eigenvalue weighted by molar-refractivity contribution is 5.48. The molecule has 1 atom stereocenters. The van der Waals surface area contributed by atoms with Crippen molar-refractivity contribution in [1.29, 1.82) is 0 Å². The van der Waals surface area contributed by atoms with Crippen LogP contribution in [0, 0.1) is 12.7 Å². The summed E-state index contributed by atoms with van der Waals surface area (Å²) in [6, 6.07) is 13.3. The Balaban J connectivity index is 2.39. The smallest absolute Gasteiger partial charge is 0.128 e. The van der Waals surface area contributed by atoms with Crippen molar-refractivity contribution in [2.24, 2.45) is 0 Å². The van der Waals surface area contributed by atoms with Crippen LogP contribution in [0.25, 0.3) is 0 Å². The van der Waals surface area contributed by atoms with E-state index in [-0.39, 0.29) is 11.9 Å². The Labute approximate surface area is 120 Å². The molecule has 0 fully saturated rings. The van der Waals surface area contributed by atoms with Gasteiger partial charge < -0.3 is 10.2 Å². The first-order chi connectivity index (χ1) is 9.52. The van der Waals surface area contributed by atoms with Crippen molar-refractivity contribution in [3.8, 4) is 0 Å². The second-order valence-electron chi connectivity index (χ2n) is 5.23. The summed E-state index contributed by atoms with van der Waals surface area (Å²) < 4.78 is 14.1. The van der Waals surface area contributed by atoms with Gasteiger partial charge in [-0.05, 0) is 37.7 Å². The van der Waals surface area contributed by atoms with Gasteiger partial charge in [0.15, 0.2) is 0 Å². The molecule has 0 amide bonds. The molecule has 20 heavy (non-hydrogen) atoms. The summed E-state index contributed by atoms with van der Waals surface area (Å²) in [5, 5.41) is 3.20. The van der Waals surface area contributed by atoms with Crippen molar-refractivity contribution >= 4 is 5.69 Å². The number of nitrogens with one attached hydrogen (secondary N) is 1. The van der Waals surface area contributed by atoms with Gasteiger partial charge in [-0.2, -0.15) is 0 Å². The number of benzene rings is 2. The molecule has 2 aromatic rings. The number of rotatable bonds is 4.